The molecule has 7 heteroatoms. The average molecular weight is 353 g/mol. The lowest BCUT2D eigenvalue weighted by Gasteiger charge is -2.26. The number of carbonyl (C=O) groups is 1. The van der Waals surface area contributed by atoms with Gasteiger partial charge in [0, 0.05) is 22.3 Å². The van der Waals surface area contributed by atoms with E-state index < -0.39 is 0 Å². The lowest BCUT2D eigenvalue weighted by atomic mass is 9.94. The van der Waals surface area contributed by atoms with Crippen LogP contribution in [0.5, 0.6) is 0 Å². The Balaban J connectivity index is 2.00. The van der Waals surface area contributed by atoms with Crippen LogP contribution in [-0.4, -0.2) is 33.7 Å². The van der Waals surface area contributed by atoms with Crippen molar-refractivity contribution < 1.29 is 4.79 Å². The topological polar surface area (TPSA) is 80.9 Å². The van der Waals surface area contributed by atoms with Crippen LogP contribution in [0.1, 0.15) is 37.1 Å². The third-order valence-corrected chi connectivity index (χ3v) is 6.42. The number of rotatable bonds is 7. The summed E-state index contributed by atoms with van der Waals surface area (Å²) in [5, 5.41) is 4.88. The van der Waals surface area contributed by atoms with Crippen LogP contribution in [0.2, 0.25) is 0 Å². The van der Waals surface area contributed by atoms with E-state index in [-0.39, 0.29) is 11.4 Å². The Morgan fingerprint density at radius 3 is 2.70 bits per heavy atom. The van der Waals surface area contributed by atoms with Gasteiger partial charge in [-0.3, -0.25) is 4.79 Å². The Morgan fingerprint density at radius 2 is 2.04 bits per heavy atom. The van der Waals surface area contributed by atoms with Crippen molar-refractivity contribution in [2.75, 3.05) is 12.3 Å². The van der Waals surface area contributed by atoms with E-state index in [2.05, 4.69) is 29.1 Å². The van der Waals surface area contributed by atoms with Crippen molar-refractivity contribution in [2.45, 2.75) is 51.1 Å². The minimum atomic E-state index is -0.316. The van der Waals surface area contributed by atoms with Gasteiger partial charge in [-0.15, -0.1) is 11.3 Å². The molecule has 0 atom stereocenters. The Kier molecular flexibility index (Phi) is 6.00. The van der Waals surface area contributed by atoms with Crippen LogP contribution in [0.25, 0.3) is 10.2 Å². The van der Waals surface area contributed by atoms with Crippen LogP contribution in [0.3, 0.4) is 0 Å². The van der Waals surface area contributed by atoms with E-state index in [0.29, 0.717) is 12.3 Å². The molecule has 23 heavy (non-hydrogen) atoms. The van der Waals surface area contributed by atoms with E-state index in [0.717, 1.165) is 28.1 Å². The van der Waals surface area contributed by atoms with Crippen LogP contribution in [0.4, 0.5) is 0 Å². The zero-order valence-electron chi connectivity index (χ0n) is 14.1. The molecule has 0 fully saturated rings. The Hall–Kier alpha value is -1.18. The Bertz CT molecular complexity index is 695. The van der Waals surface area contributed by atoms with Gasteiger partial charge in [-0.1, -0.05) is 25.6 Å². The number of nitrogens with one attached hydrogen (secondary N) is 1. The quantitative estimate of drug-likeness (QED) is 0.591. The van der Waals surface area contributed by atoms with Crippen molar-refractivity contribution >= 4 is 39.2 Å². The molecule has 5 nitrogen and oxygen atoms in total. The summed E-state index contributed by atoms with van der Waals surface area (Å²) < 4.78 is 0. The summed E-state index contributed by atoms with van der Waals surface area (Å²) >= 11 is 3.12. The number of fused-ring (bicyclic) bond motifs is 1. The van der Waals surface area contributed by atoms with Crippen molar-refractivity contribution in [2.24, 2.45) is 5.73 Å². The van der Waals surface area contributed by atoms with Gasteiger partial charge >= 0.3 is 0 Å². The van der Waals surface area contributed by atoms with Crippen LogP contribution in [0.15, 0.2) is 11.4 Å². The highest BCUT2D eigenvalue weighted by atomic mass is 32.2. The second-order valence-corrected chi connectivity index (χ2v) is 7.94. The third-order valence-electron chi connectivity index (χ3n) is 4.32. The van der Waals surface area contributed by atoms with Crippen molar-refractivity contribution in [1.82, 2.24) is 15.3 Å². The molecule has 1 amide bonds. The van der Waals surface area contributed by atoms with Gasteiger partial charge in [-0.05, 0) is 32.3 Å². The Labute approximate surface area is 145 Å². The molecule has 0 radical (unpaired) electrons. The maximum Gasteiger partial charge on any atom is 0.230 e. The van der Waals surface area contributed by atoms with Crippen LogP contribution in [0, 0.1) is 13.8 Å². The molecule has 2 aromatic heterocycles. The smallest absolute Gasteiger partial charge is 0.230 e. The molecule has 0 unspecified atom stereocenters. The highest BCUT2D eigenvalue weighted by Crippen LogP contribution is 2.34. The molecule has 0 aromatic carbocycles. The van der Waals surface area contributed by atoms with Crippen LogP contribution in [-0.2, 0) is 4.79 Å². The molecule has 0 spiro atoms. The highest BCUT2D eigenvalue weighted by molar-refractivity contribution is 8.00. The lowest BCUT2D eigenvalue weighted by Crippen LogP contribution is -2.49. The van der Waals surface area contributed by atoms with E-state index in [1.807, 2.05) is 13.8 Å². The van der Waals surface area contributed by atoms with Gasteiger partial charge in [0.15, 0.2) is 0 Å². The predicted molar refractivity (Wildman–Crippen MR) is 98.1 cm³/mol. The standard InChI is InChI=1S/C16H24N4OS2/c1-5-16(17,6-2)8-18-12(21)7-22-14-13-10(3)11(4)23-15(13)20-9-19-14/h9H,5-8,17H2,1-4H3,(H,18,21). The molecule has 0 aliphatic carbocycles. The van der Waals surface area contributed by atoms with E-state index >= 15 is 0 Å². The van der Waals surface area contributed by atoms with Crippen molar-refractivity contribution in [3.05, 3.63) is 16.8 Å². The fourth-order valence-electron chi connectivity index (χ4n) is 2.22. The first-order chi connectivity index (χ1) is 10.9. The second kappa shape index (κ2) is 7.59. The first kappa shape index (κ1) is 18.2. The van der Waals surface area contributed by atoms with Gasteiger partial charge in [-0.2, -0.15) is 0 Å². The highest BCUT2D eigenvalue weighted by Gasteiger charge is 2.21. The number of nitrogens with two attached hydrogens (primary N) is 1. The average Bonchev–Trinajstić information content (AvgIpc) is 2.85. The summed E-state index contributed by atoms with van der Waals surface area (Å²) in [5.41, 5.74) is 7.09. The summed E-state index contributed by atoms with van der Waals surface area (Å²) in [7, 11) is 0. The lowest BCUT2D eigenvalue weighted by molar-refractivity contribution is -0.118. The minimum Gasteiger partial charge on any atom is -0.354 e. The molecule has 0 saturated heterocycles. The summed E-state index contributed by atoms with van der Waals surface area (Å²) in [5.74, 6) is 0.326. The van der Waals surface area contributed by atoms with Crippen molar-refractivity contribution in [3.63, 3.8) is 0 Å². The summed E-state index contributed by atoms with van der Waals surface area (Å²) in [4.78, 5) is 23.0. The fourth-order valence-corrected chi connectivity index (χ4v) is 4.17. The molecule has 0 saturated carbocycles. The molecule has 0 aliphatic rings. The maximum atomic E-state index is 12.1. The number of nitrogens with zero attached hydrogens (tertiary/aromatic N) is 2. The molecule has 2 aromatic rings. The maximum absolute atomic E-state index is 12.1. The third kappa shape index (κ3) is 4.22. The molecule has 0 bridgehead atoms. The first-order valence-corrected chi connectivity index (χ1v) is 9.59. The molecular weight excluding hydrogens is 328 g/mol. The zero-order valence-corrected chi connectivity index (χ0v) is 15.7. The Morgan fingerprint density at radius 1 is 1.35 bits per heavy atom. The SMILES string of the molecule is CCC(N)(CC)CNC(=O)CSc1ncnc2sc(C)c(C)c12. The van der Waals surface area contributed by atoms with E-state index in [1.54, 1.807) is 17.7 Å². The summed E-state index contributed by atoms with van der Waals surface area (Å²) in [6, 6.07) is 0. The van der Waals surface area contributed by atoms with E-state index in [4.69, 9.17) is 5.73 Å². The molecule has 2 rings (SSSR count). The van der Waals surface area contributed by atoms with Gasteiger partial charge < -0.3 is 11.1 Å². The summed E-state index contributed by atoms with van der Waals surface area (Å²) in [6.07, 6.45) is 3.25. The number of aryl methyl sites for hydroxylation is 2. The number of hydrogen-bond donors (Lipinski definition) is 2. The monoisotopic (exact) mass is 352 g/mol. The fraction of sp³-hybridized carbons (Fsp3) is 0.562. The van der Waals surface area contributed by atoms with Gasteiger partial charge in [0.05, 0.1) is 5.75 Å². The molecule has 0 aliphatic heterocycles. The van der Waals surface area contributed by atoms with E-state index in [9.17, 15) is 4.79 Å². The number of amides is 1. The van der Waals surface area contributed by atoms with Crippen molar-refractivity contribution in [1.29, 1.82) is 0 Å². The summed E-state index contributed by atoms with van der Waals surface area (Å²) in [6.45, 7) is 8.76. The first-order valence-electron chi connectivity index (χ1n) is 7.79. The minimum absolute atomic E-state index is 0.0110. The zero-order chi connectivity index (χ0) is 17.0. The second-order valence-electron chi connectivity index (χ2n) is 5.78. The molecule has 3 N–H and O–H groups in total. The van der Waals surface area contributed by atoms with Gasteiger partial charge in [0.25, 0.3) is 0 Å². The predicted octanol–water partition coefficient (Wildman–Crippen LogP) is 3.03. The number of thiophene rings is 1. The number of hydrogen-bond acceptors (Lipinski definition) is 6. The normalized spacial score (nSPS) is 11.9. The van der Waals surface area contributed by atoms with Gasteiger partial charge in [0.2, 0.25) is 5.91 Å². The molecule has 2 heterocycles. The number of thioether (sulfide) groups is 1. The number of aromatic nitrogens is 2. The van der Waals surface area contributed by atoms with Crippen LogP contribution < -0.4 is 11.1 Å². The molecule has 126 valence electrons. The molecular formula is C16H24N4OS2. The van der Waals surface area contributed by atoms with Crippen LogP contribution >= 0.6 is 23.1 Å². The van der Waals surface area contributed by atoms with Crippen molar-refractivity contribution in [3.8, 4) is 0 Å². The van der Waals surface area contributed by atoms with Gasteiger partial charge in [-0.25, -0.2) is 9.97 Å². The largest absolute Gasteiger partial charge is 0.354 e. The van der Waals surface area contributed by atoms with E-state index in [1.165, 1.54) is 22.2 Å². The number of carbonyl (C=O) groups excluding carboxylic acids is 1. The van der Waals surface area contributed by atoms with Gasteiger partial charge in [0.1, 0.15) is 16.2 Å².